The molecule has 0 amide bonds. The fourth-order valence-electron chi connectivity index (χ4n) is 1.93. The van der Waals surface area contributed by atoms with Crippen LogP contribution in [0.2, 0.25) is 0 Å². The van der Waals surface area contributed by atoms with E-state index in [9.17, 15) is 0 Å². The Morgan fingerprint density at radius 2 is 1.47 bits per heavy atom. The molecule has 0 saturated carbocycles. The van der Waals surface area contributed by atoms with E-state index in [1.807, 2.05) is 0 Å². The molecule has 0 aromatic heterocycles. The van der Waals surface area contributed by atoms with Crippen molar-refractivity contribution < 1.29 is 13.8 Å². The summed E-state index contributed by atoms with van der Waals surface area (Å²) in [5.41, 5.74) is 4.03. The second-order valence-electron chi connectivity index (χ2n) is 4.92. The van der Waals surface area contributed by atoms with Crippen LogP contribution >= 0.6 is 10.1 Å². The summed E-state index contributed by atoms with van der Waals surface area (Å²) in [6.07, 6.45) is 0. The van der Waals surface area contributed by atoms with Crippen molar-refractivity contribution in [2.24, 2.45) is 0 Å². The summed E-state index contributed by atoms with van der Waals surface area (Å²) < 4.78 is 0. The minimum absolute atomic E-state index is 0.269. The molecule has 99 valence electrons. The first-order chi connectivity index (χ1) is 7.97. The molecular weight excluding hydrogens is 277 g/mol. The van der Waals surface area contributed by atoms with E-state index in [1.54, 1.807) is 0 Å². The molecule has 1 rings (SSSR count). The number of halogens is 1. The average Bonchev–Trinajstić information content (AvgIpc) is 2.28. The predicted octanol–water partition coefficient (Wildman–Crippen LogP) is 4.93. The van der Waals surface area contributed by atoms with Crippen LogP contribution < -0.4 is 5.32 Å². The first-order valence-electron chi connectivity index (χ1n) is 6.07. The van der Waals surface area contributed by atoms with Crippen LogP contribution in [0.1, 0.15) is 57.6 Å². The van der Waals surface area contributed by atoms with Gasteiger partial charge in [-0.25, -0.2) is 0 Å². The average molecular weight is 299 g/mol. The Morgan fingerprint density at radius 1 is 1.00 bits per heavy atom. The topological polar surface area (TPSA) is 12.0 Å². The maximum absolute atomic E-state index is 5.87. The molecule has 0 saturated heterocycles. The quantitative estimate of drug-likeness (QED) is 0.813. The number of benzene rings is 1. The standard InChI is InChI=1S/C14H22N.ClH.Co/c1-6-15-14-12(10(2)3)8-7-9-13(14)11(4)5;;/h6-11,15H,1-5H3;1H;/q;;+1/p-1. The van der Waals surface area contributed by atoms with Gasteiger partial charge in [0.1, 0.15) is 0 Å². The molecular formula is C14H22ClCoN. The second kappa shape index (κ2) is 6.67. The predicted molar refractivity (Wildman–Crippen MR) is 73.6 cm³/mol. The van der Waals surface area contributed by atoms with Gasteiger partial charge in [0.05, 0.1) is 0 Å². The van der Waals surface area contributed by atoms with Crippen molar-refractivity contribution in [2.75, 3.05) is 5.32 Å². The van der Waals surface area contributed by atoms with E-state index in [1.165, 1.54) is 16.8 Å². The van der Waals surface area contributed by atoms with Gasteiger partial charge in [-0.05, 0) is 0 Å². The van der Waals surface area contributed by atoms with Crippen molar-refractivity contribution in [3.63, 3.8) is 0 Å². The number of hydrogen-bond acceptors (Lipinski definition) is 1. The SMILES string of the molecule is C[CH](Nc1c(C(C)C)cccc1C(C)C)[Co][Cl]. The molecule has 0 radical (unpaired) electrons. The molecule has 0 heterocycles. The monoisotopic (exact) mass is 298 g/mol. The van der Waals surface area contributed by atoms with Gasteiger partial charge >= 0.3 is 116 Å². The Hall–Kier alpha value is -0.184. The van der Waals surface area contributed by atoms with Crippen molar-refractivity contribution in [1.29, 1.82) is 0 Å². The third kappa shape index (κ3) is 3.90. The van der Waals surface area contributed by atoms with E-state index in [0.717, 1.165) is 13.8 Å². The number of nitrogens with one attached hydrogen (secondary N) is 1. The Kier molecular flexibility index (Phi) is 5.84. The first kappa shape index (κ1) is 14.9. The molecule has 1 unspecified atom stereocenters. The van der Waals surface area contributed by atoms with Gasteiger partial charge < -0.3 is 0 Å². The van der Waals surface area contributed by atoms with E-state index in [-0.39, 0.29) is 4.98 Å². The summed E-state index contributed by atoms with van der Waals surface area (Å²) in [7, 11) is 5.87. The fraction of sp³-hybridized carbons (Fsp3) is 0.571. The van der Waals surface area contributed by atoms with Gasteiger partial charge in [0.15, 0.2) is 0 Å². The second-order valence-corrected chi connectivity index (χ2v) is 6.64. The van der Waals surface area contributed by atoms with E-state index in [0.29, 0.717) is 11.8 Å². The van der Waals surface area contributed by atoms with Crippen LogP contribution in [-0.4, -0.2) is 4.98 Å². The molecule has 3 heteroatoms. The molecule has 0 spiro atoms. The van der Waals surface area contributed by atoms with Crippen LogP contribution in [0.25, 0.3) is 0 Å². The minimum atomic E-state index is 0.269. The summed E-state index contributed by atoms with van der Waals surface area (Å²) in [5, 5.41) is 3.55. The zero-order valence-electron chi connectivity index (χ0n) is 11.2. The summed E-state index contributed by atoms with van der Waals surface area (Å²) in [6.45, 7) is 11.0. The van der Waals surface area contributed by atoms with Crippen LogP contribution in [0.3, 0.4) is 0 Å². The van der Waals surface area contributed by atoms with Crippen LogP contribution in [0.15, 0.2) is 18.2 Å². The van der Waals surface area contributed by atoms with Crippen molar-refractivity contribution in [1.82, 2.24) is 0 Å². The van der Waals surface area contributed by atoms with Crippen molar-refractivity contribution in [2.45, 2.75) is 51.4 Å². The van der Waals surface area contributed by atoms with Gasteiger partial charge in [0.25, 0.3) is 0 Å². The third-order valence-electron chi connectivity index (χ3n) is 2.82. The van der Waals surface area contributed by atoms with Crippen LogP contribution in [0.5, 0.6) is 0 Å². The van der Waals surface area contributed by atoms with Gasteiger partial charge in [-0.1, -0.05) is 0 Å². The molecule has 1 atom stereocenters. The Bertz CT molecular complexity index is 337. The normalized spacial score (nSPS) is 13.4. The zero-order chi connectivity index (χ0) is 13.0. The Labute approximate surface area is 116 Å². The number of hydrogen-bond donors (Lipinski definition) is 1. The first-order valence-corrected chi connectivity index (χ1v) is 8.10. The molecule has 0 aliphatic carbocycles. The number of para-hydroxylation sites is 1. The summed E-state index contributed by atoms with van der Waals surface area (Å²) in [5.74, 6) is 1.05. The summed E-state index contributed by atoms with van der Waals surface area (Å²) in [4.78, 5) is 0.269. The van der Waals surface area contributed by atoms with E-state index in [4.69, 9.17) is 10.1 Å². The molecule has 1 aromatic carbocycles. The Morgan fingerprint density at radius 3 is 1.82 bits per heavy atom. The maximum atomic E-state index is 5.87. The molecule has 1 aromatic rings. The van der Waals surface area contributed by atoms with Crippen LogP contribution in [0, 0.1) is 0 Å². The molecule has 0 fully saturated rings. The molecule has 0 aliphatic rings. The van der Waals surface area contributed by atoms with Gasteiger partial charge in [-0.2, -0.15) is 0 Å². The molecule has 0 bridgehead atoms. The van der Waals surface area contributed by atoms with E-state index < -0.39 is 0 Å². The van der Waals surface area contributed by atoms with Crippen molar-refractivity contribution in [3.05, 3.63) is 29.3 Å². The van der Waals surface area contributed by atoms with Gasteiger partial charge in [-0.3, -0.25) is 0 Å². The summed E-state index contributed by atoms with van der Waals surface area (Å²) >= 11 is 0.889. The van der Waals surface area contributed by atoms with Gasteiger partial charge in [0, 0.05) is 0 Å². The van der Waals surface area contributed by atoms with Gasteiger partial charge in [-0.15, -0.1) is 0 Å². The van der Waals surface area contributed by atoms with Crippen molar-refractivity contribution >= 4 is 15.8 Å². The molecule has 17 heavy (non-hydrogen) atoms. The molecule has 1 nitrogen and oxygen atoms in total. The van der Waals surface area contributed by atoms with Crippen LogP contribution in [0.4, 0.5) is 5.69 Å². The molecule has 0 aliphatic heterocycles. The van der Waals surface area contributed by atoms with Gasteiger partial charge in [0.2, 0.25) is 0 Å². The molecule has 1 N–H and O–H groups in total. The Balaban J connectivity index is 3.18. The zero-order valence-corrected chi connectivity index (χ0v) is 13.0. The van der Waals surface area contributed by atoms with E-state index in [2.05, 4.69) is 58.1 Å². The van der Waals surface area contributed by atoms with Crippen molar-refractivity contribution in [3.8, 4) is 0 Å². The van der Waals surface area contributed by atoms with Crippen LogP contribution in [-0.2, 0) is 13.8 Å². The fourth-order valence-corrected chi connectivity index (χ4v) is 2.29. The summed E-state index contributed by atoms with van der Waals surface area (Å²) in [6, 6.07) is 6.56. The number of rotatable bonds is 5. The van der Waals surface area contributed by atoms with E-state index >= 15 is 0 Å². The number of anilines is 1. The third-order valence-corrected chi connectivity index (χ3v) is 4.21.